The molecule has 0 radical (unpaired) electrons. The number of epoxide rings is 1. The molecule has 0 aliphatic carbocycles. The van der Waals surface area contributed by atoms with Gasteiger partial charge in [0.15, 0.2) is 0 Å². The number of hydrogen-bond acceptors (Lipinski definition) is 2. The third kappa shape index (κ3) is 6.49. The van der Waals surface area contributed by atoms with E-state index in [0.717, 1.165) is 12.3 Å². The molecular formula is C14H28O2. The van der Waals surface area contributed by atoms with Crippen molar-refractivity contribution < 1.29 is 9.84 Å². The van der Waals surface area contributed by atoms with Crippen LogP contribution in [0.5, 0.6) is 0 Å². The Labute approximate surface area is 100 Å². The molecule has 0 aromatic heterocycles. The van der Waals surface area contributed by atoms with Gasteiger partial charge in [0, 0.05) is 0 Å². The van der Waals surface area contributed by atoms with Crippen molar-refractivity contribution in [2.45, 2.75) is 77.4 Å². The molecule has 0 unspecified atom stereocenters. The van der Waals surface area contributed by atoms with Crippen molar-refractivity contribution in [3.63, 3.8) is 0 Å². The summed E-state index contributed by atoms with van der Waals surface area (Å²) in [6.07, 6.45) is 11.2. The van der Waals surface area contributed by atoms with Crippen molar-refractivity contribution >= 4 is 0 Å². The number of hydrogen-bond donors (Lipinski definition) is 1. The fourth-order valence-electron chi connectivity index (χ4n) is 2.20. The number of unbranched alkanes of at least 4 members (excludes halogenated alkanes) is 5. The van der Waals surface area contributed by atoms with E-state index in [1.54, 1.807) is 0 Å². The Hall–Kier alpha value is -0.0800. The van der Waals surface area contributed by atoms with Crippen molar-refractivity contribution in [3.05, 3.63) is 0 Å². The summed E-state index contributed by atoms with van der Waals surface area (Å²) in [5.74, 6) is 0.863. The fourth-order valence-corrected chi connectivity index (χ4v) is 2.20. The summed E-state index contributed by atoms with van der Waals surface area (Å²) in [5, 5.41) is 8.80. The van der Waals surface area contributed by atoms with Crippen LogP contribution < -0.4 is 0 Å². The quantitative estimate of drug-likeness (QED) is 0.458. The molecule has 0 aromatic rings. The molecule has 1 saturated heterocycles. The van der Waals surface area contributed by atoms with Crippen LogP contribution >= 0.6 is 0 Å². The lowest BCUT2D eigenvalue weighted by Gasteiger charge is -2.04. The predicted molar refractivity (Wildman–Crippen MR) is 67.5 cm³/mol. The maximum Gasteiger partial charge on any atom is 0.107 e. The SMILES string of the molecule is CC(C)CCCCCCCC[C@H]1O[C@@H]1CO. The van der Waals surface area contributed by atoms with Gasteiger partial charge in [0.25, 0.3) is 0 Å². The number of ether oxygens (including phenoxy) is 1. The Morgan fingerprint density at radius 1 is 0.938 bits per heavy atom. The Bertz CT molecular complexity index is 168. The van der Waals surface area contributed by atoms with Gasteiger partial charge in [0.2, 0.25) is 0 Å². The Morgan fingerprint density at radius 2 is 1.56 bits per heavy atom. The zero-order valence-electron chi connectivity index (χ0n) is 11.0. The van der Waals surface area contributed by atoms with E-state index in [0.29, 0.717) is 6.10 Å². The number of aliphatic hydroxyl groups is 1. The normalized spacial score (nSPS) is 24.0. The molecule has 0 aromatic carbocycles. The van der Waals surface area contributed by atoms with Gasteiger partial charge in [-0.3, -0.25) is 0 Å². The standard InChI is InChI=1S/C14H28O2/c1-12(2)9-7-5-3-4-6-8-10-13-14(11-15)16-13/h12-15H,3-11H2,1-2H3/t13-,14-/m1/s1. The van der Waals surface area contributed by atoms with Crippen LogP contribution in [0, 0.1) is 5.92 Å². The van der Waals surface area contributed by atoms with E-state index >= 15 is 0 Å². The van der Waals surface area contributed by atoms with Gasteiger partial charge in [-0.05, 0) is 12.3 Å². The molecule has 1 heterocycles. The van der Waals surface area contributed by atoms with Crippen LogP contribution in [0.1, 0.15) is 65.2 Å². The number of rotatable bonds is 10. The van der Waals surface area contributed by atoms with Crippen LogP contribution in [-0.4, -0.2) is 23.9 Å². The van der Waals surface area contributed by atoms with E-state index in [1.807, 2.05) is 0 Å². The smallest absolute Gasteiger partial charge is 0.107 e. The molecular weight excluding hydrogens is 200 g/mol. The molecule has 1 aliphatic heterocycles. The van der Waals surface area contributed by atoms with E-state index in [2.05, 4.69) is 13.8 Å². The Balaban J connectivity index is 1.72. The van der Waals surface area contributed by atoms with Crippen molar-refractivity contribution in [3.8, 4) is 0 Å². The summed E-state index contributed by atoms with van der Waals surface area (Å²) >= 11 is 0. The second kappa shape index (κ2) is 8.08. The molecule has 16 heavy (non-hydrogen) atoms. The maximum absolute atomic E-state index is 8.80. The van der Waals surface area contributed by atoms with Gasteiger partial charge in [-0.2, -0.15) is 0 Å². The highest BCUT2D eigenvalue weighted by atomic mass is 16.6. The minimum atomic E-state index is 0.172. The first kappa shape index (κ1) is 14.0. The lowest BCUT2D eigenvalue weighted by Crippen LogP contribution is -1.98. The molecule has 1 N–H and O–H groups in total. The van der Waals surface area contributed by atoms with E-state index in [1.165, 1.54) is 44.9 Å². The summed E-state index contributed by atoms with van der Waals surface area (Å²) in [6.45, 7) is 4.81. The minimum Gasteiger partial charge on any atom is -0.394 e. The molecule has 0 amide bonds. The molecule has 2 nitrogen and oxygen atoms in total. The van der Waals surface area contributed by atoms with Crippen LogP contribution in [0.4, 0.5) is 0 Å². The highest BCUT2D eigenvalue weighted by molar-refractivity contribution is 4.83. The van der Waals surface area contributed by atoms with Crippen molar-refractivity contribution in [1.29, 1.82) is 0 Å². The molecule has 1 aliphatic rings. The van der Waals surface area contributed by atoms with Crippen LogP contribution in [0.15, 0.2) is 0 Å². The van der Waals surface area contributed by atoms with Crippen LogP contribution in [-0.2, 0) is 4.74 Å². The monoisotopic (exact) mass is 228 g/mol. The average molecular weight is 228 g/mol. The zero-order valence-corrected chi connectivity index (χ0v) is 11.0. The topological polar surface area (TPSA) is 32.8 Å². The highest BCUT2D eigenvalue weighted by Gasteiger charge is 2.36. The third-order valence-corrected chi connectivity index (χ3v) is 3.39. The van der Waals surface area contributed by atoms with E-state index < -0.39 is 0 Å². The van der Waals surface area contributed by atoms with E-state index in [9.17, 15) is 0 Å². The maximum atomic E-state index is 8.80. The van der Waals surface area contributed by atoms with Gasteiger partial charge >= 0.3 is 0 Å². The van der Waals surface area contributed by atoms with Gasteiger partial charge < -0.3 is 9.84 Å². The lowest BCUT2D eigenvalue weighted by molar-refractivity contribution is 0.241. The fraction of sp³-hybridized carbons (Fsp3) is 1.00. The van der Waals surface area contributed by atoms with Gasteiger partial charge in [-0.1, -0.05) is 58.8 Å². The Kier molecular flexibility index (Phi) is 7.06. The zero-order chi connectivity index (χ0) is 11.8. The molecule has 0 saturated carbocycles. The third-order valence-electron chi connectivity index (χ3n) is 3.39. The van der Waals surface area contributed by atoms with Crippen LogP contribution in [0.2, 0.25) is 0 Å². The first-order valence-electron chi connectivity index (χ1n) is 7.00. The first-order valence-corrected chi connectivity index (χ1v) is 7.00. The summed E-state index contributed by atoms with van der Waals surface area (Å²) in [5.41, 5.74) is 0. The Morgan fingerprint density at radius 3 is 2.12 bits per heavy atom. The highest BCUT2D eigenvalue weighted by Crippen LogP contribution is 2.26. The predicted octanol–water partition coefficient (Wildman–Crippen LogP) is 3.52. The first-order chi connectivity index (χ1) is 7.74. The average Bonchev–Trinajstić information content (AvgIpc) is 3.00. The van der Waals surface area contributed by atoms with E-state index in [-0.39, 0.29) is 12.7 Å². The molecule has 96 valence electrons. The molecule has 2 heteroatoms. The minimum absolute atomic E-state index is 0.172. The van der Waals surface area contributed by atoms with Crippen molar-refractivity contribution in [2.24, 2.45) is 5.92 Å². The van der Waals surface area contributed by atoms with Crippen LogP contribution in [0.3, 0.4) is 0 Å². The molecule has 0 bridgehead atoms. The summed E-state index contributed by atoms with van der Waals surface area (Å²) < 4.78 is 5.29. The lowest BCUT2D eigenvalue weighted by atomic mass is 10.0. The summed E-state index contributed by atoms with van der Waals surface area (Å²) in [7, 11) is 0. The van der Waals surface area contributed by atoms with E-state index in [4.69, 9.17) is 9.84 Å². The second-order valence-electron chi connectivity index (χ2n) is 5.49. The van der Waals surface area contributed by atoms with Gasteiger partial charge in [-0.15, -0.1) is 0 Å². The largest absolute Gasteiger partial charge is 0.394 e. The molecule has 0 spiro atoms. The molecule has 2 atom stereocenters. The second-order valence-corrected chi connectivity index (χ2v) is 5.49. The van der Waals surface area contributed by atoms with Gasteiger partial charge in [-0.25, -0.2) is 0 Å². The van der Waals surface area contributed by atoms with Crippen molar-refractivity contribution in [1.82, 2.24) is 0 Å². The molecule has 1 fully saturated rings. The van der Waals surface area contributed by atoms with Crippen molar-refractivity contribution in [2.75, 3.05) is 6.61 Å². The van der Waals surface area contributed by atoms with Crippen LogP contribution in [0.25, 0.3) is 0 Å². The van der Waals surface area contributed by atoms with Gasteiger partial charge in [0.05, 0.1) is 12.7 Å². The van der Waals surface area contributed by atoms with Gasteiger partial charge in [0.1, 0.15) is 6.10 Å². The summed E-state index contributed by atoms with van der Waals surface area (Å²) in [6, 6.07) is 0. The molecule has 1 rings (SSSR count). The number of aliphatic hydroxyl groups excluding tert-OH is 1. The summed E-state index contributed by atoms with van der Waals surface area (Å²) in [4.78, 5) is 0.